The Labute approximate surface area is 219 Å². The molecule has 36 heavy (non-hydrogen) atoms. The fourth-order valence-corrected chi connectivity index (χ4v) is 5.26. The molecule has 1 heterocycles. The second-order valence-corrected chi connectivity index (χ2v) is 11.6. The van der Waals surface area contributed by atoms with Gasteiger partial charge in [-0.15, -0.1) is 0 Å². The molecule has 1 aromatic rings. The van der Waals surface area contributed by atoms with E-state index in [1.54, 1.807) is 0 Å². The average Bonchev–Trinajstić information content (AvgIpc) is 3.17. The van der Waals surface area contributed by atoms with E-state index in [-0.39, 0.29) is 24.5 Å². The monoisotopic (exact) mass is 500 g/mol. The Bertz CT molecular complexity index is 824. The van der Waals surface area contributed by atoms with Crippen LogP contribution in [-0.2, 0) is 30.4 Å². The van der Waals surface area contributed by atoms with Gasteiger partial charge >= 0.3 is 11.9 Å². The van der Waals surface area contributed by atoms with Crippen molar-refractivity contribution in [1.29, 1.82) is 0 Å². The molecule has 0 N–H and O–H groups in total. The van der Waals surface area contributed by atoms with Crippen LogP contribution in [0.3, 0.4) is 0 Å². The molecule has 0 aliphatic carbocycles. The maximum Gasteiger partial charge on any atom is 0.334 e. The molecule has 0 amide bonds. The van der Waals surface area contributed by atoms with Crippen LogP contribution in [0.15, 0.2) is 42.0 Å². The summed E-state index contributed by atoms with van der Waals surface area (Å²) in [6.07, 6.45) is 2.49. The second kappa shape index (κ2) is 14.6. The van der Waals surface area contributed by atoms with Crippen LogP contribution in [0.2, 0.25) is 0 Å². The molecular formula is C31H48O5. The maximum atomic E-state index is 13.0. The van der Waals surface area contributed by atoms with Gasteiger partial charge in [-0.3, -0.25) is 4.79 Å². The SMILES string of the molecule is CC(C)C(C/C=C1/C[C@@H]([C@H](COCc2ccccc2)OC(=O)CC(C(C)C)C(C)C)OC1=O)C(C)C. The van der Waals surface area contributed by atoms with Crippen LogP contribution in [0.5, 0.6) is 0 Å². The van der Waals surface area contributed by atoms with Crippen LogP contribution in [0.4, 0.5) is 0 Å². The lowest BCUT2D eigenvalue weighted by Crippen LogP contribution is -2.36. The Kier molecular flexibility index (Phi) is 12.2. The molecule has 0 saturated carbocycles. The molecule has 0 radical (unpaired) electrons. The number of carbonyl (C=O) groups excluding carboxylic acids is 2. The van der Waals surface area contributed by atoms with E-state index in [1.165, 1.54) is 0 Å². The van der Waals surface area contributed by atoms with Crippen LogP contribution >= 0.6 is 0 Å². The zero-order valence-electron chi connectivity index (χ0n) is 23.7. The van der Waals surface area contributed by atoms with E-state index in [0.717, 1.165) is 12.0 Å². The molecule has 1 aliphatic heterocycles. The summed E-state index contributed by atoms with van der Waals surface area (Å²) in [6.45, 7) is 18.0. The van der Waals surface area contributed by atoms with Gasteiger partial charge in [-0.25, -0.2) is 4.79 Å². The van der Waals surface area contributed by atoms with Crippen molar-refractivity contribution in [1.82, 2.24) is 0 Å². The van der Waals surface area contributed by atoms with Crippen molar-refractivity contribution in [3.63, 3.8) is 0 Å². The van der Waals surface area contributed by atoms with E-state index < -0.39 is 12.2 Å². The van der Waals surface area contributed by atoms with Crippen LogP contribution in [0, 0.1) is 35.5 Å². The molecular weight excluding hydrogens is 452 g/mol. The number of esters is 2. The highest BCUT2D eigenvalue weighted by molar-refractivity contribution is 5.90. The highest BCUT2D eigenvalue weighted by Crippen LogP contribution is 2.30. The minimum Gasteiger partial charge on any atom is -0.456 e. The van der Waals surface area contributed by atoms with E-state index in [0.29, 0.717) is 54.6 Å². The number of rotatable bonds is 14. The van der Waals surface area contributed by atoms with Crippen LogP contribution in [0.25, 0.3) is 0 Å². The summed E-state index contributed by atoms with van der Waals surface area (Å²) in [5.41, 5.74) is 1.72. The Hall–Kier alpha value is -2.14. The van der Waals surface area contributed by atoms with Gasteiger partial charge < -0.3 is 14.2 Å². The quantitative estimate of drug-likeness (QED) is 0.203. The normalized spacial score (nSPS) is 18.3. The lowest BCUT2D eigenvalue weighted by Gasteiger charge is -2.27. The van der Waals surface area contributed by atoms with Crippen molar-refractivity contribution >= 4 is 11.9 Å². The van der Waals surface area contributed by atoms with Gasteiger partial charge in [0.15, 0.2) is 6.10 Å². The fourth-order valence-electron chi connectivity index (χ4n) is 5.26. The molecule has 1 saturated heterocycles. The van der Waals surface area contributed by atoms with E-state index >= 15 is 0 Å². The van der Waals surface area contributed by atoms with Crippen molar-refractivity contribution in [2.24, 2.45) is 35.5 Å². The summed E-state index contributed by atoms with van der Waals surface area (Å²) in [5.74, 6) is 1.97. The molecule has 1 aromatic carbocycles. The van der Waals surface area contributed by atoms with Gasteiger partial charge in [0.05, 0.1) is 13.2 Å². The van der Waals surface area contributed by atoms with Crippen LogP contribution < -0.4 is 0 Å². The first-order chi connectivity index (χ1) is 17.0. The largest absolute Gasteiger partial charge is 0.456 e. The number of allylic oxidation sites excluding steroid dienone is 1. The molecule has 0 spiro atoms. The van der Waals surface area contributed by atoms with E-state index in [4.69, 9.17) is 14.2 Å². The van der Waals surface area contributed by atoms with Gasteiger partial charge in [-0.05, 0) is 47.5 Å². The van der Waals surface area contributed by atoms with Crippen molar-refractivity contribution < 1.29 is 23.8 Å². The Morgan fingerprint density at radius 3 is 2.08 bits per heavy atom. The number of hydrogen-bond donors (Lipinski definition) is 0. The smallest absolute Gasteiger partial charge is 0.334 e. The van der Waals surface area contributed by atoms with E-state index in [1.807, 2.05) is 36.4 Å². The number of hydrogen-bond acceptors (Lipinski definition) is 5. The van der Waals surface area contributed by atoms with Gasteiger partial charge in [-0.2, -0.15) is 0 Å². The zero-order valence-corrected chi connectivity index (χ0v) is 23.7. The molecule has 0 unspecified atom stereocenters. The molecule has 5 nitrogen and oxygen atoms in total. The standard InChI is InChI=1S/C31H48O5/c1-20(2)26(21(3)4)15-14-25-16-28(36-31(25)33)29(19-34-18-24-12-10-9-11-13-24)35-30(32)17-27(22(5)6)23(7)8/h9-14,20-23,26-29H,15-19H2,1-8H3/b25-14-/t28-,29-/m0/s1. The molecule has 2 atom stereocenters. The van der Waals surface area contributed by atoms with Gasteiger partial charge in [-0.1, -0.05) is 91.8 Å². The molecule has 202 valence electrons. The minimum absolute atomic E-state index is 0.181. The van der Waals surface area contributed by atoms with Gasteiger partial charge in [0.2, 0.25) is 0 Å². The minimum atomic E-state index is -0.637. The van der Waals surface area contributed by atoms with Gasteiger partial charge in [0.25, 0.3) is 0 Å². The third-order valence-electron chi connectivity index (χ3n) is 7.50. The third kappa shape index (κ3) is 9.38. The highest BCUT2D eigenvalue weighted by atomic mass is 16.6. The maximum absolute atomic E-state index is 13.0. The van der Waals surface area contributed by atoms with Gasteiger partial charge in [0.1, 0.15) is 6.10 Å². The first-order valence-corrected chi connectivity index (χ1v) is 13.7. The summed E-state index contributed by atoms with van der Waals surface area (Å²) in [6, 6.07) is 9.88. The Balaban J connectivity index is 2.10. The summed E-state index contributed by atoms with van der Waals surface area (Å²) in [5, 5.41) is 0. The molecule has 1 fully saturated rings. The number of carbonyl (C=O) groups is 2. The number of ether oxygens (including phenoxy) is 3. The van der Waals surface area contributed by atoms with Crippen molar-refractivity contribution in [2.75, 3.05) is 6.61 Å². The first-order valence-electron chi connectivity index (χ1n) is 13.7. The van der Waals surface area contributed by atoms with Crippen molar-refractivity contribution in [2.45, 2.75) is 93.5 Å². The zero-order chi connectivity index (χ0) is 26.8. The lowest BCUT2D eigenvalue weighted by molar-refractivity contribution is -0.167. The summed E-state index contributed by atoms with van der Waals surface area (Å²) in [7, 11) is 0. The topological polar surface area (TPSA) is 61.8 Å². The number of cyclic esters (lactones) is 1. The Morgan fingerprint density at radius 1 is 0.944 bits per heavy atom. The predicted molar refractivity (Wildman–Crippen MR) is 144 cm³/mol. The summed E-state index contributed by atoms with van der Waals surface area (Å²) in [4.78, 5) is 25.7. The molecule has 5 heteroatoms. The lowest BCUT2D eigenvalue weighted by atomic mass is 9.82. The first kappa shape index (κ1) is 30.1. The van der Waals surface area contributed by atoms with E-state index in [2.05, 4.69) is 55.4 Å². The summed E-state index contributed by atoms with van der Waals surface area (Å²) < 4.78 is 17.6. The molecule has 2 rings (SSSR count). The predicted octanol–water partition coefficient (Wildman–Crippen LogP) is 6.99. The average molecular weight is 501 g/mol. The molecule has 0 aromatic heterocycles. The number of benzene rings is 1. The Morgan fingerprint density at radius 2 is 1.53 bits per heavy atom. The fraction of sp³-hybridized carbons (Fsp3) is 0.677. The summed E-state index contributed by atoms with van der Waals surface area (Å²) >= 11 is 0. The third-order valence-corrected chi connectivity index (χ3v) is 7.50. The van der Waals surface area contributed by atoms with Crippen LogP contribution in [-0.4, -0.2) is 30.8 Å². The molecule has 0 bridgehead atoms. The van der Waals surface area contributed by atoms with E-state index in [9.17, 15) is 9.59 Å². The highest BCUT2D eigenvalue weighted by Gasteiger charge is 2.38. The van der Waals surface area contributed by atoms with Crippen molar-refractivity contribution in [3.05, 3.63) is 47.5 Å². The van der Waals surface area contributed by atoms with Crippen molar-refractivity contribution in [3.8, 4) is 0 Å². The molecule has 1 aliphatic rings. The van der Waals surface area contributed by atoms with Gasteiger partial charge in [0, 0.05) is 18.4 Å². The van der Waals surface area contributed by atoms with Crippen LogP contribution in [0.1, 0.15) is 80.2 Å². The second-order valence-electron chi connectivity index (χ2n) is 11.6.